The van der Waals surface area contributed by atoms with E-state index in [1.165, 1.54) is 25.3 Å². The molecule has 180 valence electrons. The second kappa shape index (κ2) is 10.9. The molecule has 1 aliphatic rings. The standard InChI is InChI=1S/C22H20Br2N2O8/c1-4-32-20(28)11(2)33-18-14(23)7-12(8-15(18)24)9-16-19(27)26(22(30)25-16)10-13-5-6-17(34-13)21(29)31-3/h5-9,11H,4,10H2,1-3H3,(H,25,30)/b16-9-/t11-/m1/s1. The van der Waals surface area contributed by atoms with Crippen LogP contribution in [0.1, 0.15) is 35.7 Å². The fraction of sp³-hybridized carbons (Fsp3) is 0.273. The lowest BCUT2D eigenvalue weighted by molar-refractivity contribution is -0.150. The predicted molar refractivity (Wildman–Crippen MR) is 126 cm³/mol. The third-order valence-corrected chi connectivity index (χ3v) is 5.75. The first-order chi connectivity index (χ1) is 16.1. The molecule has 10 nitrogen and oxygen atoms in total. The Bertz CT molecular complexity index is 1150. The van der Waals surface area contributed by atoms with E-state index in [9.17, 15) is 19.2 Å². The molecule has 3 rings (SSSR count). The van der Waals surface area contributed by atoms with E-state index in [0.717, 1.165) is 4.90 Å². The Morgan fingerprint density at radius 3 is 2.50 bits per heavy atom. The van der Waals surface area contributed by atoms with E-state index in [1.807, 2.05) is 0 Å². The third kappa shape index (κ3) is 5.68. The van der Waals surface area contributed by atoms with Gasteiger partial charge in [-0.1, -0.05) is 0 Å². The SMILES string of the molecule is CCOC(=O)[C@@H](C)Oc1c(Br)cc(/C=C2\NC(=O)N(Cc3ccc(C(=O)OC)o3)C2=O)cc1Br. The van der Waals surface area contributed by atoms with Crippen LogP contribution in [-0.2, 0) is 25.6 Å². The molecule has 1 aromatic carbocycles. The number of carbonyl (C=O) groups excluding carboxylic acids is 4. The highest BCUT2D eigenvalue weighted by molar-refractivity contribution is 9.11. The number of rotatable bonds is 8. The van der Waals surface area contributed by atoms with Gasteiger partial charge in [0.25, 0.3) is 5.91 Å². The van der Waals surface area contributed by atoms with Gasteiger partial charge in [-0.05, 0) is 81.6 Å². The first-order valence-corrected chi connectivity index (χ1v) is 11.6. The van der Waals surface area contributed by atoms with Gasteiger partial charge in [-0.3, -0.25) is 9.69 Å². The number of imide groups is 1. The summed E-state index contributed by atoms with van der Waals surface area (Å²) in [6.07, 6.45) is 0.665. The molecule has 0 bridgehead atoms. The van der Waals surface area contributed by atoms with Crippen molar-refractivity contribution in [3.8, 4) is 5.75 Å². The number of urea groups is 1. The molecular formula is C22H20Br2N2O8. The molecule has 1 aliphatic heterocycles. The summed E-state index contributed by atoms with van der Waals surface area (Å²) < 4.78 is 21.6. The van der Waals surface area contributed by atoms with Crippen LogP contribution in [0.25, 0.3) is 6.08 Å². The monoisotopic (exact) mass is 598 g/mol. The largest absolute Gasteiger partial charge is 0.477 e. The van der Waals surface area contributed by atoms with Crippen LogP contribution in [0.3, 0.4) is 0 Å². The van der Waals surface area contributed by atoms with Gasteiger partial charge in [0.05, 0.1) is 29.2 Å². The zero-order chi connectivity index (χ0) is 25.0. The van der Waals surface area contributed by atoms with Crippen LogP contribution in [0.4, 0.5) is 4.79 Å². The summed E-state index contributed by atoms with van der Waals surface area (Å²) in [6.45, 7) is 3.35. The molecule has 0 saturated carbocycles. The topological polar surface area (TPSA) is 124 Å². The molecule has 1 aromatic heterocycles. The van der Waals surface area contributed by atoms with E-state index >= 15 is 0 Å². The maximum absolute atomic E-state index is 12.8. The second-order valence-corrected chi connectivity index (χ2v) is 8.67. The van der Waals surface area contributed by atoms with Crippen molar-refractivity contribution in [2.45, 2.75) is 26.5 Å². The number of halogens is 2. The Morgan fingerprint density at radius 1 is 1.21 bits per heavy atom. The number of ether oxygens (including phenoxy) is 3. The molecule has 0 spiro atoms. The summed E-state index contributed by atoms with van der Waals surface area (Å²) in [5.74, 6) is -1.14. The molecule has 1 N–H and O–H groups in total. The van der Waals surface area contributed by atoms with E-state index in [4.69, 9.17) is 13.9 Å². The zero-order valence-corrected chi connectivity index (χ0v) is 21.5. The van der Waals surface area contributed by atoms with Crippen molar-refractivity contribution in [3.05, 3.63) is 56.0 Å². The number of carbonyl (C=O) groups is 4. The van der Waals surface area contributed by atoms with E-state index in [-0.39, 0.29) is 30.4 Å². The minimum absolute atomic E-state index is 0.0328. The van der Waals surface area contributed by atoms with Gasteiger partial charge in [0.15, 0.2) is 6.10 Å². The summed E-state index contributed by atoms with van der Waals surface area (Å²) in [7, 11) is 1.22. The van der Waals surface area contributed by atoms with Gasteiger partial charge < -0.3 is 23.9 Å². The summed E-state index contributed by atoms with van der Waals surface area (Å²) in [5.41, 5.74) is 0.628. The van der Waals surface area contributed by atoms with Crippen molar-refractivity contribution in [2.24, 2.45) is 0 Å². The number of nitrogens with zero attached hydrogens (tertiary/aromatic N) is 1. The van der Waals surface area contributed by atoms with E-state index in [0.29, 0.717) is 20.3 Å². The number of amides is 3. The van der Waals surface area contributed by atoms with Crippen molar-refractivity contribution >= 4 is 61.8 Å². The molecule has 0 aliphatic carbocycles. The van der Waals surface area contributed by atoms with E-state index < -0.39 is 30.0 Å². The minimum Gasteiger partial charge on any atom is -0.477 e. The molecule has 0 radical (unpaired) electrons. The fourth-order valence-corrected chi connectivity index (χ4v) is 4.38. The Hall–Kier alpha value is -3.12. The number of benzene rings is 1. The van der Waals surface area contributed by atoms with Crippen LogP contribution in [0.15, 0.2) is 43.3 Å². The van der Waals surface area contributed by atoms with Crippen LogP contribution >= 0.6 is 31.9 Å². The van der Waals surface area contributed by atoms with Crippen molar-refractivity contribution < 1.29 is 37.8 Å². The smallest absolute Gasteiger partial charge is 0.373 e. The van der Waals surface area contributed by atoms with Crippen LogP contribution in [-0.4, -0.2) is 48.6 Å². The number of esters is 2. The van der Waals surface area contributed by atoms with E-state index in [1.54, 1.807) is 26.0 Å². The molecule has 12 heteroatoms. The molecular weight excluding hydrogens is 580 g/mol. The normalized spacial score (nSPS) is 15.3. The van der Waals surface area contributed by atoms with E-state index in [2.05, 4.69) is 41.9 Å². The molecule has 2 aromatic rings. The molecule has 3 amide bonds. The quantitative estimate of drug-likeness (QED) is 0.274. The number of methoxy groups -OCH3 is 1. The molecule has 2 heterocycles. The van der Waals surface area contributed by atoms with Gasteiger partial charge in [-0.25, -0.2) is 14.4 Å². The van der Waals surface area contributed by atoms with Crippen molar-refractivity contribution in [1.82, 2.24) is 10.2 Å². The lowest BCUT2D eigenvalue weighted by Crippen LogP contribution is -2.30. The predicted octanol–water partition coefficient (Wildman–Crippen LogP) is 4.01. The highest BCUT2D eigenvalue weighted by Gasteiger charge is 2.34. The fourth-order valence-electron chi connectivity index (χ4n) is 2.97. The van der Waals surface area contributed by atoms with Gasteiger partial charge in [0.1, 0.15) is 17.2 Å². The Balaban J connectivity index is 1.76. The maximum atomic E-state index is 12.8. The first kappa shape index (κ1) is 25.5. The molecule has 0 unspecified atom stereocenters. The third-order valence-electron chi connectivity index (χ3n) is 4.57. The summed E-state index contributed by atoms with van der Waals surface area (Å²) in [5, 5.41) is 2.52. The average molecular weight is 600 g/mol. The van der Waals surface area contributed by atoms with Gasteiger partial charge >= 0.3 is 18.0 Å². The molecule has 1 saturated heterocycles. The Kier molecular flexibility index (Phi) is 8.15. The lowest BCUT2D eigenvalue weighted by Gasteiger charge is -2.16. The number of furan rings is 1. The molecule has 1 fully saturated rings. The van der Waals surface area contributed by atoms with Crippen molar-refractivity contribution in [1.29, 1.82) is 0 Å². The van der Waals surface area contributed by atoms with Crippen LogP contribution < -0.4 is 10.1 Å². The Morgan fingerprint density at radius 2 is 1.88 bits per heavy atom. The van der Waals surface area contributed by atoms with Crippen molar-refractivity contribution in [3.63, 3.8) is 0 Å². The van der Waals surface area contributed by atoms with Crippen molar-refractivity contribution in [2.75, 3.05) is 13.7 Å². The zero-order valence-electron chi connectivity index (χ0n) is 18.3. The van der Waals surface area contributed by atoms with Crippen LogP contribution in [0.2, 0.25) is 0 Å². The first-order valence-electron chi connectivity index (χ1n) is 9.98. The van der Waals surface area contributed by atoms with Gasteiger partial charge in [0, 0.05) is 0 Å². The lowest BCUT2D eigenvalue weighted by atomic mass is 10.2. The summed E-state index contributed by atoms with van der Waals surface area (Å²) in [6, 6.07) is 5.59. The number of hydrogen-bond acceptors (Lipinski definition) is 8. The summed E-state index contributed by atoms with van der Waals surface area (Å²) >= 11 is 6.80. The van der Waals surface area contributed by atoms with Crippen LogP contribution in [0, 0.1) is 0 Å². The minimum atomic E-state index is -0.831. The average Bonchev–Trinajstić information content (AvgIpc) is 3.36. The highest BCUT2D eigenvalue weighted by Crippen LogP contribution is 2.36. The highest BCUT2D eigenvalue weighted by atomic mass is 79.9. The summed E-state index contributed by atoms with van der Waals surface area (Å²) in [4.78, 5) is 49.5. The second-order valence-electron chi connectivity index (χ2n) is 6.96. The maximum Gasteiger partial charge on any atom is 0.373 e. The Labute approximate surface area is 211 Å². The van der Waals surface area contributed by atoms with Crippen LogP contribution in [0.5, 0.6) is 5.75 Å². The van der Waals surface area contributed by atoms with Gasteiger partial charge in [0.2, 0.25) is 5.76 Å². The molecule has 34 heavy (non-hydrogen) atoms. The van der Waals surface area contributed by atoms with Gasteiger partial charge in [-0.15, -0.1) is 0 Å². The number of hydrogen-bond donors (Lipinski definition) is 1. The number of nitrogens with one attached hydrogen (secondary N) is 1. The molecule has 1 atom stereocenters. The van der Waals surface area contributed by atoms with Gasteiger partial charge in [-0.2, -0.15) is 0 Å².